The quantitative estimate of drug-likeness (QED) is 0.781. The summed E-state index contributed by atoms with van der Waals surface area (Å²) < 4.78 is 0.953. The standard InChI is InChI=1S/C9H13Br2N3/c1-2-4-14(5-3-10)9-8(11)6-12-7-13-9/h6-7H,2-5H2,1H3. The van der Waals surface area contributed by atoms with Gasteiger partial charge in [0.1, 0.15) is 12.1 Å². The fraction of sp³-hybridized carbons (Fsp3) is 0.556. The maximum Gasteiger partial charge on any atom is 0.146 e. The zero-order valence-corrected chi connectivity index (χ0v) is 11.3. The topological polar surface area (TPSA) is 29.0 Å². The normalized spacial score (nSPS) is 10.2. The lowest BCUT2D eigenvalue weighted by molar-refractivity contribution is 0.779. The van der Waals surface area contributed by atoms with Gasteiger partial charge in [-0.2, -0.15) is 0 Å². The van der Waals surface area contributed by atoms with Crippen LogP contribution >= 0.6 is 31.9 Å². The highest BCUT2D eigenvalue weighted by Crippen LogP contribution is 2.21. The van der Waals surface area contributed by atoms with E-state index < -0.39 is 0 Å². The van der Waals surface area contributed by atoms with Crippen LogP contribution in [0.4, 0.5) is 5.82 Å². The summed E-state index contributed by atoms with van der Waals surface area (Å²) >= 11 is 6.90. The summed E-state index contributed by atoms with van der Waals surface area (Å²) in [6.45, 7) is 4.14. The second-order valence-electron chi connectivity index (χ2n) is 2.87. The summed E-state index contributed by atoms with van der Waals surface area (Å²) in [5, 5.41) is 0.948. The number of rotatable bonds is 5. The second kappa shape index (κ2) is 6.35. The summed E-state index contributed by atoms with van der Waals surface area (Å²) in [6, 6.07) is 0. The molecule has 0 saturated heterocycles. The highest BCUT2D eigenvalue weighted by Gasteiger charge is 2.09. The van der Waals surface area contributed by atoms with Gasteiger partial charge in [-0.15, -0.1) is 0 Å². The lowest BCUT2D eigenvalue weighted by Gasteiger charge is -2.22. The molecule has 0 bridgehead atoms. The van der Waals surface area contributed by atoms with Crippen LogP contribution in [0, 0.1) is 0 Å². The maximum absolute atomic E-state index is 4.26. The van der Waals surface area contributed by atoms with Crippen LogP contribution in [0.1, 0.15) is 13.3 Å². The highest BCUT2D eigenvalue weighted by molar-refractivity contribution is 9.10. The zero-order chi connectivity index (χ0) is 10.4. The van der Waals surface area contributed by atoms with Gasteiger partial charge in [0.15, 0.2) is 0 Å². The molecular formula is C9H13Br2N3. The van der Waals surface area contributed by atoms with E-state index in [1.54, 1.807) is 12.5 Å². The Morgan fingerprint density at radius 1 is 1.43 bits per heavy atom. The van der Waals surface area contributed by atoms with E-state index in [2.05, 4.69) is 53.7 Å². The third-order valence-corrected chi connectivity index (χ3v) is 2.71. The van der Waals surface area contributed by atoms with Crippen LogP contribution in [0.5, 0.6) is 0 Å². The largest absolute Gasteiger partial charge is 0.355 e. The van der Waals surface area contributed by atoms with Crippen LogP contribution in [0.15, 0.2) is 17.0 Å². The molecule has 0 N–H and O–H groups in total. The van der Waals surface area contributed by atoms with E-state index in [1.165, 1.54) is 0 Å². The maximum atomic E-state index is 4.26. The molecule has 0 radical (unpaired) electrons. The Hall–Kier alpha value is -0.160. The Labute approximate surface area is 101 Å². The highest BCUT2D eigenvalue weighted by atomic mass is 79.9. The molecule has 0 fully saturated rings. The molecule has 0 saturated carbocycles. The van der Waals surface area contributed by atoms with Gasteiger partial charge in [-0.05, 0) is 22.4 Å². The smallest absolute Gasteiger partial charge is 0.146 e. The fourth-order valence-corrected chi connectivity index (χ4v) is 2.13. The van der Waals surface area contributed by atoms with Crippen molar-refractivity contribution < 1.29 is 0 Å². The zero-order valence-electron chi connectivity index (χ0n) is 8.08. The molecule has 0 aliphatic rings. The van der Waals surface area contributed by atoms with Crippen molar-refractivity contribution in [2.45, 2.75) is 13.3 Å². The molecule has 0 aliphatic heterocycles. The van der Waals surface area contributed by atoms with E-state index in [9.17, 15) is 0 Å². The summed E-state index contributed by atoms with van der Waals surface area (Å²) in [5.41, 5.74) is 0. The number of alkyl halides is 1. The van der Waals surface area contributed by atoms with Crippen LogP contribution in [-0.4, -0.2) is 28.4 Å². The minimum atomic E-state index is 0.948. The van der Waals surface area contributed by atoms with Crippen molar-refractivity contribution in [1.29, 1.82) is 0 Å². The van der Waals surface area contributed by atoms with Crippen molar-refractivity contribution in [3.63, 3.8) is 0 Å². The number of hydrogen-bond acceptors (Lipinski definition) is 3. The predicted molar refractivity (Wildman–Crippen MR) is 66.0 cm³/mol. The van der Waals surface area contributed by atoms with Gasteiger partial charge >= 0.3 is 0 Å². The molecule has 0 aliphatic carbocycles. The molecule has 14 heavy (non-hydrogen) atoms. The molecule has 1 aromatic heterocycles. The average molecular weight is 323 g/mol. The van der Waals surface area contributed by atoms with Crippen molar-refractivity contribution in [2.75, 3.05) is 23.3 Å². The van der Waals surface area contributed by atoms with Crippen molar-refractivity contribution in [1.82, 2.24) is 9.97 Å². The molecule has 1 aromatic rings. The first kappa shape index (κ1) is 11.9. The first-order valence-electron chi connectivity index (χ1n) is 4.56. The predicted octanol–water partition coefficient (Wildman–Crippen LogP) is 2.85. The molecular weight excluding hydrogens is 310 g/mol. The Bertz CT molecular complexity index is 275. The fourth-order valence-electron chi connectivity index (χ4n) is 1.23. The SMILES string of the molecule is CCCN(CCBr)c1ncncc1Br. The monoisotopic (exact) mass is 321 g/mol. The van der Waals surface area contributed by atoms with E-state index in [1.807, 2.05) is 0 Å². The number of halogens is 2. The first-order valence-corrected chi connectivity index (χ1v) is 6.47. The van der Waals surface area contributed by atoms with E-state index in [-0.39, 0.29) is 0 Å². The second-order valence-corrected chi connectivity index (χ2v) is 4.52. The number of anilines is 1. The van der Waals surface area contributed by atoms with Gasteiger partial charge in [0.05, 0.1) is 4.47 Å². The lowest BCUT2D eigenvalue weighted by atomic mass is 10.4. The van der Waals surface area contributed by atoms with Gasteiger partial charge < -0.3 is 4.90 Å². The van der Waals surface area contributed by atoms with Crippen molar-refractivity contribution in [2.24, 2.45) is 0 Å². The minimum absolute atomic E-state index is 0.948. The molecule has 0 atom stereocenters. The van der Waals surface area contributed by atoms with Gasteiger partial charge in [-0.1, -0.05) is 22.9 Å². The molecule has 5 heteroatoms. The van der Waals surface area contributed by atoms with Crippen LogP contribution in [0.2, 0.25) is 0 Å². The Balaban J connectivity index is 2.81. The summed E-state index contributed by atoms with van der Waals surface area (Å²) in [5.74, 6) is 0.973. The molecule has 1 rings (SSSR count). The van der Waals surface area contributed by atoms with Crippen molar-refractivity contribution >= 4 is 37.7 Å². The molecule has 0 aromatic carbocycles. The molecule has 0 spiro atoms. The Kier molecular flexibility index (Phi) is 5.40. The van der Waals surface area contributed by atoms with Crippen molar-refractivity contribution in [3.05, 3.63) is 17.0 Å². The van der Waals surface area contributed by atoms with Crippen LogP contribution in [0.3, 0.4) is 0 Å². The Morgan fingerprint density at radius 2 is 2.21 bits per heavy atom. The van der Waals surface area contributed by atoms with E-state index in [0.717, 1.165) is 35.1 Å². The van der Waals surface area contributed by atoms with Gasteiger partial charge in [0, 0.05) is 24.6 Å². The average Bonchev–Trinajstić information content (AvgIpc) is 2.18. The van der Waals surface area contributed by atoms with E-state index in [0.29, 0.717) is 0 Å². The first-order chi connectivity index (χ1) is 6.79. The van der Waals surface area contributed by atoms with Crippen LogP contribution in [0.25, 0.3) is 0 Å². The minimum Gasteiger partial charge on any atom is -0.355 e. The van der Waals surface area contributed by atoms with Crippen molar-refractivity contribution in [3.8, 4) is 0 Å². The van der Waals surface area contributed by atoms with Crippen LogP contribution in [-0.2, 0) is 0 Å². The molecule has 3 nitrogen and oxygen atoms in total. The van der Waals surface area contributed by atoms with Gasteiger partial charge in [-0.25, -0.2) is 9.97 Å². The van der Waals surface area contributed by atoms with E-state index >= 15 is 0 Å². The lowest BCUT2D eigenvalue weighted by Crippen LogP contribution is -2.27. The Morgan fingerprint density at radius 3 is 2.79 bits per heavy atom. The van der Waals surface area contributed by atoms with Gasteiger partial charge in [0.25, 0.3) is 0 Å². The molecule has 0 unspecified atom stereocenters. The molecule has 78 valence electrons. The number of aromatic nitrogens is 2. The third kappa shape index (κ3) is 3.20. The summed E-state index contributed by atoms with van der Waals surface area (Å²) in [6.07, 6.45) is 4.47. The number of hydrogen-bond donors (Lipinski definition) is 0. The summed E-state index contributed by atoms with van der Waals surface area (Å²) in [4.78, 5) is 10.5. The third-order valence-electron chi connectivity index (χ3n) is 1.80. The molecule has 0 amide bonds. The van der Waals surface area contributed by atoms with Crippen LogP contribution < -0.4 is 4.90 Å². The summed E-state index contributed by atoms with van der Waals surface area (Å²) in [7, 11) is 0. The van der Waals surface area contributed by atoms with E-state index in [4.69, 9.17) is 0 Å². The van der Waals surface area contributed by atoms with Gasteiger partial charge in [-0.3, -0.25) is 0 Å². The van der Waals surface area contributed by atoms with Gasteiger partial charge in [0.2, 0.25) is 0 Å². The molecule has 1 heterocycles. The number of nitrogens with zero attached hydrogens (tertiary/aromatic N) is 3.